The Morgan fingerprint density at radius 1 is 0.929 bits per heavy atom. The van der Waals surface area contributed by atoms with Crippen molar-refractivity contribution in [1.82, 2.24) is 19.9 Å². The minimum Gasteiger partial charge on any atom is -0.474 e. The number of aromatic nitrogens is 3. The van der Waals surface area contributed by atoms with E-state index < -0.39 is 12.3 Å². The van der Waals surface area contributed by atoms with Crippen LogP contribution in [0.5, 0.6) is 5.88 Å². The molecule has 1 aliphatic heterocycles. The molecule has 6 rings (SSSR count). The smallest absolute Gasteiger partial charge is 0.414 e. The molecule has 1 saturated heterocycles. The molecule has 0 spiro atoms. The van der Waals surface area contributed by atoms with Crippen molar-refractivity contribution in [3.8, 4) is 17.0 Å². The summed E-state index contributed by atoms with van der Waals surface area (Å²) in [4.78, 5) is 8.81. The molecule has 0 bridgehead atoms. The Morgan fingerprint density at radius 3 is 2.48 bits per heavy atom. The lowest BCUT2D eigenvalue weighted by molar-refractivity contribution is -0.226. The molecule has 2 aliphatic rings. The predicted octanol–water partition coefficient (Wildman–Crippen LogP) is 6.44. The summed E-state index contributed by atoms with van der Waals surface area (Å²) in [6, 6.07) is 12.4. The zero-order valence-corrected chi connectivity index (χ0v) is 23.8. The van der Waals surface area contributed by atoms with Gasteiger partial charge in [0, 0.05) is 79.6 Å². The average Bonchev–Trinajstić information content (AvgIpc) is 3.22. The highest BCUT2D eigenvalue weighted by Crippen LogP contribution is 2.33. The number of hydrogen-bond donors (Lipinski definition) is 1. The Labute approximate surface area is 243 Å². The first-order valence-electron chi connectivity index (χ1n) is 14.8. The summed E-state index contributed by atoms with van der Waals surface area (Å²) in [6.45, 7) is 2.01. The highest BCUT2D eigenvalue weighted by molar-refractivity contribution is 6.08. The minimum atomic E-state index is -4.30. The summed E-state index contributed by atoms with van der Waals surface area (Å²) in [6.07, 6.45) is 3.69. The number of unbranched alkanes of at least 4 members (excludes halogenated alkanes) is 2. The first kappa shape index (κ1) is 28.9. The molecule has 2 fully saturated rings. The molecule has 4 heterocycles. The molecule has 1 aromatic carbocycles. The number of alkyl halides is 3. The Morgan fingerprint density at radius 2 is 1.74 bits per heavy atom. The van der Waals surface area contributed by atoms with Gasteiger partial charge in [0.05, 0.1) is 11.6 Å². The lowest BCUT2D eigenvalue weighted by Crippen LogP contribution is -2.46. The van der Waals surface area contributed by atoms with Gasteiger partial charge in [-0.05, 0) is 68.5 Å². The van der Waals surface area contributed by atoms with Gasteiger partial charge in [0.1, 0.15) is 6.10 Å². The van der Waals surface area contributed by atoms with E-state index in [4.69, 9.17) is 14.2 Å². The molecule has 4 aromatic rings. The van der Waals surface area contributed by atoms with E-state index in [0.717, 1.165) is 53.2 Å². The van der Waals surface area contributed by atoms with Crippen molar-refractivity contribution < 1.29 is 27.4 Å². The molecule has 7 nitrogen and oxygen atoms in total. The van der Waals surface area contributed by atoms with Gasteiger partial charge in [-0.1, -0.05) is 12.1 Å². The van der Waals surface area contributed by atoms with Gasteiger partial charge in [-0.2, -0.15) is 13.2 Å². The van der Waals surface area contributed by atoms with Crippen molar-refractivity contribution >= 4 is 21.8 Å². The molecule has 1 aliphatic carbocycles. The second-order valence-corrected chi connectivity index (χ2v) is 11.5. The Bertz CT molecular complexity index is 1480. The maximum absolute atomic E-state index is 13.2. The highest BCUT2D eigenvalue weighted by Gasteiger charge is 2.42. The van der Waals surface area contributed by atoms with Gasteiger partial charge in [-0.15, -0.1) is 0 Å². The van der Waals surface area contributed by atoms with Crippen molar-refractivity contribution in [3.05, 3.63) is 55.0 Å². The van der Waals surface area contributed by atoms with Gasteiger partial charge in [-0.25, -0.2) is 4.98 Å². The zero-order valence-electron chi connectivity index (χ0n) is 23.8. The third-order valence-corrected chi connectivity index (χ3v) is 8.46. The van der Waals surface area contributed by atoms with Crippen molar-refractivity contribution in [2.45, 2.75) is 63.0 Å². The van der Waals surface area contributed by atoms with E-state index in [1.807, 2.05) is 36.8 Å². The summed E-state index contributed by atoms with van der Waals surface area (Å²) in [7, 11) is 2.07. The SMILES string of the molecule is Cn1c2ccncc2c2ccc(-c3ccc(O[C@H]4C[C@H](OCCCCCOC(CC5CNC5)C(F)(F)F)C4)nc3)cc21. The largest absolute Gasteiger partial charge is 0.474 e. The second-order valence-electron chi connectivity index (χ2n) is 11.5. The van der Waals surface area contributed by atoms with Crippen molar-refractivity contribution in [2.24, 2.45) is 13.0 Å². The lowest BCUT2D eigenvalue weighted by Gasteiger charge is -2.34. The molecule has 0 amide bonds. The number of nitrogens with zero attached hydrogens (tertiary/aromatic N) is 3. The second kappa shape index (κ2) is 12.6. The van der Waals surface area contributed by atoms with Crippen LogP contribution in [0.25, 0.3) is 32.9 Å². The van der Waals surface area contributed by atoms with Crippen LogP contribution in [-0.2, 0) is 16.5 Å². The third kappa shape index (κ3) is 6.55. The Kier molecular flexibility index (Phi) is 8.65. The molecule has 224 valence electrons. The summed E-state index contributed by atoms with van der Waals surface area (Å²) in [5, 5.41) is 5.33. The summed E-state index contributed by atoms with van der Waals surface area (Å²) < 4.78 is 58.8. The number of nitrogens with one attached hydrogen (secondary N) is 1. The third-order valence-electron chi connectivity index (χ3n) is 8.46. The molecule has 42 heavy (non-hydrogen) atoms. The van der Waals surface area contributed by atoms with E-state index in [9.17, 15) is 13.2 Å². The lowest BCUT2D eigenvalue weighted by atomic mass is 9.92. The standard InChI is InChI=1S/C32H37F3N4O3/c1-39-28-9-10-36-20-27(28)26-7-5-22(14-29(26)39)23-6-8-31(38-19-23)42-25-15-24(16-25)40-11-3-2-4-12-41-30(32(33,34)35)13-21-17-37-18-21/h5-10,14,19-21,24-25,30,37H,2-4,11-13,15-18H2,1H3/t24-,25-,30?. The summed E-state index contributed by atoms with van der Waals surface area (Å²) in [5.74, 6) is 0.662. The van der Waals surface area contributed by atoms with Crippen LogP contribution in [-0.4, -0.2) is 65.3 Å². The molecular weight excluding hydrogens is 545 g/mol. The van der Waals surface area contributed by atoms with E-state index in [1.54, 1.807) is 0 Å². The zero-order chi connectivity index (χ0) is 29.1. The predicted molar refractivity (Wildman–Crippen MR) is 155 cm³/mol. The van der Waals surface area contributed by atoms with Crippen LogP contribution < -0.4 is 10.1 Å². The van der Waals surface area contributed by atoms with Gasteiger partial charge in [-0.3, -0.25) is 4.98 Å². The van der Waals surface area contributed by atoms with Crippen molar-refractivity contribution in [2.75, 3.05) is 26.3 Å². The van der Waals surface area contributed by atoms with E-state index >= 15 is 0 Å². The van der Waals surface area contributed by atoms with Crippen molar-refractivity contribution in [3.63, 3.8) is 0 Å². The molecule has 3 aromatic heterocycles. The monoisotopic (exact) mass is 582 g/mol. The van der Waals surface area contributed by atoms with Gasteiger partial charge >= 0.3 is 6.18 Å². The quantitative estimate of drug-likeness (QED) is 0.183. The number of pyridine rings is 2. The normalized spacial score (nSPS) is 20.0. The van der Waals surface area contributed by atoms with E-state index in [0.29, 0.717) is 32.0 Å². The van der Waals surface area contributed by atoms with Crippen LogP contribution >= 0.6 is 0 Å². The van der Waals surface area contributed by atoms with Crippen LogP contribution in [0.1, 0.15) is 38.5 Å². The molecule has 0 radical (unpaired) electrons. The fraction of sp³-hybridized carbons (Fsp3) is 0.500. The number of benzene rings is 1. The van der Waals surface area contributed by atoms with Gasteiger partial charge in [0.2, 0.25) is 5.88 Å². The van der Waals surface area contributed by atoms with Gasteiger partial charge in [0.25, 0.3) is 0 Å². The topological polar surface area (TPSA) is 70.4 Å². The molecule has 10 heteroatoms. The van der Waals surface area contributed by atoms with Crippen LogP contribution in [0.4, 0.5) is 13.2 Å². The Hall–Kier alpha value is -3.21. The number of fused-ring (bicyclic) bond motifs is 3. The highest BCUT2D eigenvalue weighted by atomic mass is 19.4. The molecule has 1 saturated carbocycles. The number of hydrogen-bond acceptors (Lipinski definition) is 6. The first-order valence-corrected chi connectivity index (χ1v) is 14.8. The van der Waals surface area contributed by atoms with E-state index in [1.165, 1.54) is 5.39 Å². The minimum absolute atomic E-state index is 0.0462. The van der Waals surface area contributed by atoms with Crippen LogP contribution in [0.3, 0.4) is 0 Å². The number of ether oxygens (including phenoxy) is 3. The maximum atomic E-state index is 13.2. The molecular formula is C32H37F3N4O3. The maximum Gasteiger partial charge on any atom is 0.414 e. The van der Waals surface area contributed by atoms with Crippen LogP contribution in [0, 0.1) is 5.92 Å². The summed E-state index contributed by atoms with van der Waals surface area (Å²) in [5.41, 5.74) is 4.42. The number of rotatable bonds is 13. The Balaban J connectivity index is 0.887. The summed E-state index contributed by atoms with van der Waals surface area (Å²) >= 11 is 0. The van der Waals surface area contributed by atoms with Crippen molar-refractivity contribution in [1.29, 1.82) is 0 Å². The molecule has 1 N–H and O–H groups in total. The van der Waals surface area contributed by atoms with E-state index in [2.05, 4.69) is 45.1 Å². The van der Waals surface area contributed by atoms with Crippen LogP contribution in [0.2, 0.25) is 0 Å². The van der Waals surface area contributed by atoms with E-state index in [-0.39, 0.29) is 31.2 Å². The number of halogens is 3. The number of aryl methyl sites for hydroxylation is 1. The van der Waals surface area contributed by atoms with Gasteiger partial charge in [0.15, 0.2) is 6.10 Å². The fourth-order valence-electron chi connectivity index (χ4n) is 5.75. The average molecular weight is 583 g/mol. The molecule has 1 unspecified atom stereocenters. The molecule has 1 atom stereocenters. The van der Waals surface area contributed by atoms with Gasteiger partial charge < -0.3 is 24.1 Å². The fourth-order valence-corrected chi connectivity index (χ4v) is 5.75. The first-order chi connectivity index (χ1) is 20.3. The van der Waals surface area contributed by atoms with Crippen LogP contribution in [0.15, 0.2) is 55.0 Å².